The average Bonchev–Trinajstić information content (AvgIpc) is 3.06. The molecule has 0 unspecified atom stereocenters. The molecule has 0 radical (unpaired) electrons. The molecule has 5 heteroatoms. The van der Waals surface area contributed by atoms with Crippen LogP contribution in [0.3, 0.4) is 0 Å². The van der Waals surface area contributed by atoms with Gasteiger partial charge in [0, 0.05) is 37.7 Å². The second-order valence-corrected chi connectivity index (χ2v) is 6.72. The number of nitrogens with zero attached hydrogens (tertiary/aromatic N) is 3. The SMILES string of the molecule is OC1CCN(Cc2ccccc2NCc2cn3ccccc3n2)CC1. The third-order valence-corrected chi connectivity index (χ3v) is 4.84. The molecule has 0 saturated carbocycles. The van der Waals surface area contributed by atoms with Crippen LogP contribution in [-0.2, 0) is 13.1 Å². The second-order valence-electron chi connectivity index (χ2n) is 6.72. The first-order valence-electron chi connectivity index (χ1n) is 8.93. The Labute approximate surface area is 147 Å². The van der Waals surface area contributed by atoms with E-state index in [1.807, 2.05) is 28.8 Å². The van der Waals surface area contributed by atoms with Crippen molar-refractivity contribution in [2.24, 2.45) is 0 Å². The lowest BCUT2D eigenvalue weighted by molar-refractivity contribution is 0.0793. The molecule has 130 valence electrons. The van der Waals surface area contributed by atoms with Crippen LogP contribution in [0.5, 0.6) is 0 Å². The predicted octanol–water partition coefficient (Wildman–Crippen LogP) is 2.90. The Kier molecular flexibility index (Phi) is 4.68. The van der Waals surface area contributed by atoms with E-state index in [1.54, 1.807) is 0 Å². The molecule has 1 aliphatic rings. The number of para-hydroxylation sites is 1. The molecular formula is C20H24N4O. The third kappa shape index (κ3) is 3.83. The summed E-state index contributed by atoms with van der Waals surface area (Å²) in [6.07, 6.45) is 5.70. The van der Waals surface area contributed by atoms with Gasteiger partial charge in [-0.2, -0.15) is 0 Å². The molecule has 1 aliphatic heterocycles. The number of benzene rings is 1. The number of nitrogens with one attached hydrogen (secondary N) is 1. The topological polar surface area (TPSA) is 52.8 Å². The molecule has 0 atom stereocenters. The van der Waals surface area contributed by atoms with Crippen molar-refractivity contribution in [3.63, 3.8) is 0 Å². The van der Waals surface area contributed by atoms with Crippen molar-refractivity contribution in [3.8, 4) is 0 Å². The van der Waals surface area contributed by atoms with Crippen molar-refractivity contribution in [2.75, 3.05) is 18.4 Å². The molecule has 25 heavy (non-hydrogen) atoms. The molecule has 4 rings (SSSR count). The van der Waals surface area contributed by atoms with Crippen LogP contribution < -0.4 is 5.32 Å². The smallest absolute Gasteiger partial charge is 0.137 e. The van der Waals surface area contributed by atoms with E-state index in [-0.39, 0.29) is 6.10 Å². The Bertz CT molecular complexity index is 803. The van der Waals surface area contributed by atoms with E-state index in [0.717, 1.165) is 49.5 Å². The number of rotatable bonds is 5. The van der Waals surface area contributed by atoms with Gasteiger partial charge < -0.3 is 14.8 Å². The molecule has 2 N–H and O–H groups in total. The van der Waals surface area contributed by atoms with Crippen molar-refractivity contribution in [3.05, 3.63) is 66.1 Å². The number of aromatic nitrogens is 2. The Morgan fingerprint density at radius 3 is 2.72 bits per heavy atom. The number of hydrogen-bond donors (Lipinski definition) is 2. The van der Waals surface area contributed by atoms with Crippen LogP contribution in [0, 0.1) is 0 Å². The van der Waals surface area contributed by atoms with Gasteiger partial charge in [0.1, 0.15) is 5.65 Å². The highest BCUT2D eigenvalue weighted by molar-refractivity contribution is 5.51. The van der Waals surface area contributed by atoms with Crippen molar-refractivity contribution < 1.29 is 5.11 Å². The monoisotopic (exact) mass is 336 g/mol. The average molecular weight is 336 g/mol. The molecular weight excluding hydrogens is 312 g/mol. The van der Waals surface area contributed by atoms with Crippen molar-refractivity contribution in [1.29, 1.82) is 0 Å². The number of fused-ring (bicyclic) bond motifs is 1. The minimum Gasteiger partial charge on any atom is -0.393 e. The number of hydrogen-bond acceptors (Lipinski definition) is 4. The van der Waals surface area contributed by atoms with Crippen LogP contribution in [0.15, 0.2) is 54.9 Å². The van der Waals surface area contributed by atoms with Gasteiger partial charge in [-0.1, -0.05) is 24.3 Å². The number of piperidine rings is 1. The maximum atomic E-state index is 9.67. The lowest BCUT2D eigenvalue weighted by atomic mass is 10.1. The number of likely N-dealkylation sites (tertiary alicyclic amines) is 1. The van der Waals surface area contributed by atoms with E-state index in [1.165, 1.54) is 5.56 Å². The Morgan fingerprint density at radius 1 is 1.08 bits per heavy atom. The summed E-state index contributed by atoms with van der Waals surface area (Å²) in [6, 6.07) is 14.5. The zero-order valence-corrected chi connectivity index (χ0v) is 14.3. The number of anilines is 1. The minimum atomic E-state index is -0.125. The molecule has 0 spiro atoms. The summed E-state index contributed by atoms with van der Waals surface area (Å²) < 4.78 is 2.04. The fourth-order valence-electron chi connectivity index (χ4n) is 3.41. The van der Waals surface area contributed by atoms with Crippen LogP contribution in [0.4, 0.5) is 5.69 Å². The minimum absolute atomic E-state index is 0.125. The summed E-state index contributed by atoms with van der Waals surface area (Å²) in [7, 11) is 0. The maximum absolute atomic E-state index is 9.67. The summed E-state index contributed by atoms with van der Waals surface area (Å²) in [6.45, 7) is 3.54. The molecule has 2 aromatic heterocycles. The quantitative estimate of drug-likeness (QED) is 0.752. The highest BCUT2D eigenvalue weighted by atomic mass is 16.3. The summed E-state index contributed by atoms with van der Waals surface area (Å²) in [4.78, 5) is 7.06. The Morgan fingerprint density at radius 2 is 1.88 bits per heavy atom. The normalized spacial score (nSPS) is 16.4. The number of aliphatic hydroxyl groups is 1. The Balaban J connectivity index is 1.43. The highest BCUT2D eigenvalue weighted by Gasteiger charge is 2.17. The maximum Gasteiger partial charge on any atom is 0.137 e. The molecule has 1 fully saturated rings. The molecule has 3 heterocycles. The van der Waals surface area contributed by atoms with Crippen molar-refractivity contribution in [1.82, 2.24) is 14.3 Å². The van der Waals surface area contributed by atoms with Crippen LogP contribution in [0.25, 0.3) is 5.65 Å². The Hall–Kier alpha value is -2.37. The zero-order chi connectivity index (χ0) is 17.1. The van der Waals surface area contributed by atoms with E-state index >= 15 is 0 Å². The summed E-state index contributed by atoms with van der Waals surface area (Å²) >= 11 is 0. The van der Waals surface area contributed by atoms with Crippen LogP contribution in [-0.4, -0.2) is 38.6 Å². The standard InChI is InChI=1S/C20H24N4O/c25-18-8-11-23(12-9-18)14-16-5-1-2-6-19(16)21-13-17-15-24-10-4-3-7-20(24)22-17/h1-7,10,15,18,21,25H,8-9,11-14H2. The second kappa shape index (κ2) is 7.25. The number of imidazole rings is 1. The molecule has 5 nitrogen and oxygen atoms in total. The van der Waals surface area contributed by atoms with Gasteiger partial charge in [0.2, 0.25) is 0 Å². The molecule has 3 aromatic rings. The third-order valence-electron chi connectivity index (χ3n) is 4.84. The zero-order valence-electron chi connectivity index (χ0n) is 14.3. The number of pyridine rings is 1. The lowest BCUT2D eigenvalue weighted by Crippen LogP contribution is -2.35. The summed E-state index contributed by atoms with van der Waals surface area (Å²) in [5.41, 5.74) is 4.45. The van der Waals surface area contributed by atoms with Gasteiger partial charge in [0.25, 0.3) is 0 Å². The molecule has 0 aliphatic carbocycles. The van der Waals surface area contributed by atoms with Gasteiger partial charge in [-0.25, -0.2) is 4.98 Å². The molecule has 0 bridgehead atoms. The molecule has 0 amide bonds. The molecule has 1 saturated heterocycles. The van der Waals surface area contributed by atoms with Crippen molar-refractivity contribution >= 4 is 11.3 Å². The van der Waals surface area contributed by atoms with Gasteiger partial charge in [-0.3, -0.25) is 4.90 Å². The van der Waals surface area contributed by atoms with E-state index < -0.39 is 0 Å². The largest absolute Gasteiger partial charge is 0.393 e. The van der Waals surface area contributed by atoms with Gasteiger partial charge in [-0.15, -0.1) is 0 Å². The van der Waals surface area contributed by atoms with Crippen LogP contribution in [0.2, 0.25) is 0 Å². The van der Waals surface area contributed by atoms with E-state index in [4.69, 9.17) is 0 Å². The van der Waals surface area contributed by atoms with Crippen LogP contribution >= 0.6 is 0 Å². The fourth-order valence-corrected chi connectivity index (χ4v) is 3.41. The summed E-state index contributed by atoms with van der Waals surface area (Å²) in [5, 5.41) is 13.2. The highest BCUT2D eigenvalue weighted by Crippen LogP contribution is 2.20. The first kappa shape index (κ1) is 16.1. The fraction of sp³-hybridized carbons (Fsp3) is 0.350. The van der Waals surface area contributed by atoms with E-state index in [9.17, 15) is 5.11 Å². The number of aliphatic hydroxyl groups excluding tert-OH is 1. The van der Waals surface area contributed by atoms with Crippen molar-refractivity contribution in [2.45, 2.75) is 32.0 Å². The first-order chi connectivity index (χ1) is 12.3. The summed E-state index contributed by atoms with van der Waals surface area (Å²) in [5.74, 6) is 0. The van der Waals surface area contributed by atoms with E-state index in [0.29, 0.717) is 6.54 Å². The van der Waals surface area contributed by atoms with Gasteiger partial charge in [0.15, 0.2) is 0 Å². The van der Waals surface area contributed by atoms with Crippen LogP contribution in [0.1, 0.15) is 24.1 Å². The van der Waals surface area contributed by atoms with Gasteiger partial charge in [0.05, 0.1) is 18.3 Å². The molecule has 1 aromatic carbocycles. The predicted molar refractivity (Wildman–Crippen MR) is 99.5 cm³/mol. The van der Waals surface area contributed by atoms with Gasteiger partial charge >= 0.3 is 0 Å². The van der Waals surface area contributed by atoms with E-state index in [2.05, 4.69) is 45.7 Å². The lowest BCUT2D eigenvalue weighted by Gasteiger charge is -2.30. The van der Waals surface area contributed by atoms with Gasteiger partial charge in [-0.05, 0) is 36.6 Å². The first-order valence-corrected chi connectivity index (χ1v) is 8.93.